The molecular formula is C29H26O3. The Hall–Kier alpha value is -3.85. The van der Waals surface area contributed by atoms with Gasteiger partial charge in [-0.3, -0.25) is 4.79 Å². The van der Waals surface area contributed by atoms with Crippen molar-refractivity contribution in [3.05, 3.63) is 119 Å². The van der Waals surface area contributed by atoms with Crippen molar-refractivity contribution in [3.8, 4) is 22.6 Å². The molecule has 0 spiro atoms. The van der Waals surface area contributed by atoms with E-state index in [9.17, 15) is 4.79 Å². The van der Waals surface area contributed by atoms with E-state index in [1.165, 1.54) is 16.7 Å². The molecule has 3 nitrogen and oxygen atoms in total. The van der Waals surface area contributed by atoms with Gasteiger partial charge in [-0.15, -0.1) is 0 Å². The second kappa shape index (κ2) is 9.97. The molecule has 3 heteroatoms. The zero-order chi connectivity index (χ0) is 22.3. The first-order valence-electron chi connectivity index (χ1n) is 10.7. The fourth-order valence-corrected chi connectivity index (χ4v) is 3.77. The van der Waals surface area contributed by atoms with Gasteiger partial charge in [0.05, 0.1) is 0 Å². The van der Waals surface area contributed by atoms with Crippen LogP contribution in [0.5, 0.6) is 11.5 Å². The summed E-state index contributed by atoms with van der Waals surface area (Å²) in [5.74, 6) is 1.58. The lowest BCUT2D eigenvalue weighted by Crippen LogP contribution is -2.01. The maximum atomic E-state index is 10.8. The molecule has 0 saturated carbocycles. The number of benzene rings is 4. The summed E-state index contributed by atoms with van der Waals surface area (Å²) in [6.07, 6.45) is 0.828. The van der Waals surface area contributed by atoms with Crippen LogP contribution in [0, 0.1) is 13.8 Å². The number of aldehydes is 1. The van der Waals surface area contributed by atoms with Crippen molar-refractivity contribution >= 4 is 6.29 Å². The van der Waals surface area contributed by atoms with Gasteiger partial charge in [0, 0.05) is 11.1 Å². The van der Waals surface area contributed by atoms with Crippen LogP contribution in [0.25, 0.3) is 11.1 Å². The second-order valence-electron chi connectivity index (χ2n) is 7.85. The van der Waals surface area contributed by atoms with E-state index >= 15 is 0 Å². The number of aryl methyl sites for hydroxylation is 2. The van der Waals surface area contributed by atoms with Crippen LogP contribution in [-0.4, -0.2) is 6.29 Å². The molecule has 0 fully saturated rings. The van der Waals surface area contributed by atoms with E-state index < -0.39 is 0 Å². The van der Waals surface area contributed by atoms with Crippen LogP contribution in [-0.2, 0) is 13.2 Å². The topological polar surface area (TPSA) is 35.5 Å². The zero-order valence-electron chi connectivity index (χ0n) is 18.4. The summed E-state index contributed by atoms with van der Waals surface area (Å²) in [5, 5.41) is 0. The number of ether oxygens (including phenoxy) is 2. The van der Waals surface area contributed by atoms with E-state index in [1.807, 2.05) is 42.5 Å². The minimum absolute atomic E-state index is 0.428. The lowest BCUT2D eigenvalue weighted by molar-refractivity contribution is 0.112. The highest BCUT2D eigenvalue weighted by molar-refractivity contribution is 5.77. The van der Waals surface area contributed by atoms with E-state index in [-0.39, 0.29) is 0 Å². The summed E-state index contributed by atoms with van der Waals surface area (Å²) in [5.41, 5.74) is 7.48. The molecule has 32 heavy (non-hydrogen) atoms. The molecule has 0 unspecified atom stereocenters. The summed E-state index contributed by atoms with van der Waals surface area (Å²) in [7, 11) is 0. The third-order valence-electron chi connectivity index (χ3n) is 5.45. The lowest BCUT2D eigenvalue weighted by Gasteiger charge is -2.17. The quantitative estimate of drug-likeness (QED) is 0.289. The van der Waals surface area contributed by atoms with Crippen LogP contribution < -0.4 is 9.47 Å². The molecular weight excluding hydrogens is 396 g/mol. The Morgan fingerprint density at radius 2 is 1.38 bits per heavy atom. The van der Waals surface area contributed by atoms with Gasteiger partial charge in [0.15, 0.2) is 0 Å². The maximum absolute atomic E-state index is 10.8. The molecule has 4 aromatic carbocycles. The maximum Gasteiger partial charge on any atom is 0.150 e. The van der Waals surface area contributed by atoms with Gasteiger partial charge in [0.25, 0.3) is 0 Å². The molecule has 0 saturated heterocycles. The Balaban J connectivity index is 1.62. The summed E-state index contributed by atoms with van der Waals surface area (Å²) < 4.78 is 12.2. The van der Waals surface area contributed by atoms with Gasteiger partial charge in [-0.2, -0.15) is 0 Å². The van der Waals surface area contributed by atoms with E-state index in [2.05, 4.69) is 50.2 Å². The molecule has 0 aromatic heterocycles. The molecule has 0 bridgehead atoms. The van der Waals surface area contributed by atoms with Crippen molar-refractivity contribution in [1.82, 2.24) is 0 Å². The average molecular weight is 423 g/mol. The third-order valence-corrected chi connectivity index (χ3v) is 5.45. The zero-order valence-corrected chi connectivity index (χ0v) is 18.4. The van der Waals surface area contributed by atoms with Crippen molar-refractivity contribution < 1.29 is 14.3 Å². The molecule has 0 radical (unpaired) electrons. The van der Waals surface area contributed by atoms with E-state index in [1.54, 1.807) is 12.1 Å². The van der Waals surface area contributed by atoms with Crippen molar-refractivity contribution in [2.45, 2.75) is 27.1 Å². The fourth-order valence-electron chi connectivity index (χ4n) is 3.77. The van der Waals surface area contributed by atoms with Crippen LogP contribution in [0.15, 0.2) is 91.0 Å². The average Bonchev–Trinajstić information content (AvgIpc) is 2.83. The van der Waals surface area contributed by atoms with E-state index in [0.717, 1.165) is 34.5 Å². The van der Waals surface area contributed by atoms with Gasteiger partial charge in [-0.05, 0) is 78.1 Å². The van der Waals surface area contributed by atoms with Gasteiger partial charge in [-0.25, -0.2) is 0 Å². The third kappa shape index (κ3) is 5.06. The molecule has 0 aliphatic rings. The Kier molecular flexibility index (Phi) is 6.66. The number of carbonyl (C=O) groups excluding carboxylic acids is 1. The highest BCUT2D eigenvalue weighted by atomic mass is 16.5. The molecule has 0 heterocycles. The summed E-state index contributed by atoms with van der Waals surface area (Å²) in [6.45, 7) is 5.19. The Labute approximate surface area is 189 Å². The van der Waals surface area contributed by atoms with Crippen LogP contribution in [0.2, 0.25) is 0 Å². The number of rotatable bonds is 8. The second-order valence-corrected chi connectivity index (χ2v) is 7.85. The van der Waals surface area contributed by atoms with Gasteiger partial charge in [0.1, 0.15) is 31.0 Å². The molecule has 0 amide bonds. The first-order valence-corrected chi connectivity index (χ1v) is 10.7. The molecule has 0 N–H and O–H groups in total. The van der Waals surface area contributed by atoms with E-state index in [0.29, 0.717) is 18.8 Å². The smallest absolute Gasteiger partial charge is 0.150 e. The number of carbonyl (C=O) groups is 1. The van der Waals surface area contributed by atoms with Crippen LogP contribution >= 0.6 is 0 Å². The molecule has 4 aromatic rings. The minimum atomic E-state index is 0.428. The Bertz CT molecular complexity index is 1170. The SMILES string of the molecule is Cc1cccc(C)c1-c1cc(COc2ccc(C=O)cc2)ccc1OCc1ccccc1. The van der Waals surface area contributed by atoms with Crippen LogP contribution in [0.4, 0.5) is 0 Å². The minimum Gasteiger partial charge on any atom is -0.489 e. The normalized spacial score (nSPS) is 10.6. The first kappa shape index (κ1) is 21.4. The summed E-state index contributed by atoms with van der Waals surface area (Å²) >= 11 is 0. The predicted octanol–water partition coefficient (Wildman–Crippen LogP) is 6.94. The highest BCUT2D eigenvalue weighted by Crippen LogP contribution is 2.36. The molecule has 0 atom stereocenters. The standard InChI is InChI=1S/C29H26O3/c1-21-7-6-8-22(2)29(21)27-17-25(20-31-26-14-11-23(18-30)12-15-26)13-16-28(27)32-19-24-9-4-3-5-10-24/h3-18H,19-20H2,1-2H3. The van der Waals surface area contributed by atoms with Crippen LogP contribution in [0.1, 0.15) is 32.6 Å². The number of hydrogen-bond acceptors (Lipinski definition) is 3. The fraction of sp³-hybridized carbons (Fsp3) is 0.138. The molecule has 4 rings (SSSR count). The van der Waals surface area contributed by atoms with Gasteiger partial charge >= 0.3 is 0 Å². The monoisotopic (exact) mass is 422 g/mol. The largest absolute Gasteiger partial charge is 0.489 e. The predicted molar refractivity (Wildman–Crippen MR) is 128 cm³/mol. The van der Waals surface area contributed by atoms with Crippen molar-refractivity contribution in [3.63, 3.8) is 0 Å². The first-order chi connectivity index (χ1) is 15.6. The molecule has 0 aliphatic carbocycles. The van der Waals surface area contributed by atoms with Crippen LogP contribution in [0.3, 0.4) is 0 Å². The Morgan fingerprint density at radius 3 is 2.06 bits per heavy atom. The van der Waals surface area contributed by atoms with Gasteiger partial charge < -0.3 is 9.47 Å². The van der Waals surface area contributed by atoms with Gasteiger partial charge in [-0.1, -0.05) is 54.6 Å². The summed E-state index contributed by atoms with van der Waals surface area (Å²) in [6, 6.07) is 29.9. The van der Waals surface area contributed by atoms with E-state index in [4.69, 9.17) is 9.47 Å². The molecule has 160 valence electrons. The highest BCUT2D eigenvalue weighted by Gasteiger charge is 2.13. The lowest BCUT2D eigenvalue weighted by atomic mass is 9.94. The molecule has 0 aliphatic heterocycles. The summed E-state index contributed by atoms with van der Waals surface area (Å²) in [4.78, 5) is 10.8. The van der Waals surface area contributed by atoms with Gasteiger partial charge in [0.2, 0.25) is 0 Å². The van der Waals surface area contributed by atoms with Crippen molar-refractivity contribution in [1.29, 1.82) is 0 Å². The van der Waals surface area contributed by atoms with Crippen molar-refractivity contribution in [2.24, 2.45) is 0 Å². The Morgan fingerprint density at radius 1 is 0.688 bits per heavy atom. The number of hydrogen-bond donors (Lipinski definition) is 0. The van der Waals surface area contributed by atoms with Crippen molar-refractivity contribution in [2.75, 3.05) is 0 Å².